The number of carbonyl (C=O) groups is 2. The van der Waals surface area contributed by atoms with Crippen molar-refractivity contribution >= 4 is 29.1 Å². The van der Waals surface area contributed by atoms with E-state index in [9.17, 15) is 14.7 Å². The SMILES string of the molecule is CC(NC(=O)c1ccc(O)c(Cl)c1)c1ccc2c(c1)NC(=O)CO2. The van der Waals surface area contributed by atoms with E-state index in [1.165, 1.54) is 18.2 Å². The van der Waals surface area contributed by atoms with Gasteiger partial charge in [0.15, 0.2) is 6.61 Å². The Labute approximate surface area is 143 Å². The second-order valence-electron chi connectivity index (χ2n) is 5.45. The lowest BCUT2D eigenvalue weighted by Crippen LogP contribution is -2.28. The molecule has 0 aliphatic carbocycles. The summed E-state index contributed by atoms with van der Waals surface area (Å²) in [6.45, 7) is 1.83. The summed E-state index contributed by atoms with van der Waals surface area (Å²) in [5.74, 6) is -0.00799. The van der Waals surface area contributed by atoms with Crippen LogP contribution in [0.5, 0.6) is 11.5 Å². The summed E-state index contributed by atoms with van der Waals surface area (Å²) in [6, 6.07) is 9.31. The molecule has 6 nitrogen and oxygen atoms in total. The van der Waals surface area contributed by atoms with Crippen LogP contribution in [-0.2, 0) is 4.79 Å². The maximum atomic E-state index is 12.3. The molecule has 0 spiro atoms. The van der Waals surface area contributed by atoms with Crippen LogP contribution in [0.25, 0.3) is 0 Å². The Balaban J connectivity index is 1.76. The number of hydrogen-bond acceptors (Lipinski definition) is 4. The third-order valence-corrected chi connectivity index (χ3v) is 4.00. The number of aromatic hydroxyl groups is 1. The highest BCUT2D eigenvalue weighted by atomic mass is 35.5. The van der Waals surface area contributed by atoms with Gasteiger partial charge in [0.2, 0.25) is 0 Å². The predicted molar refractivity (Wildman–Crippen MR) is 89.6 cm³/mol. The van der Waals surface area contributed by atoms with Crippen molar-refractivity contribution in [3.63, 3.8) is 0 Å². The van der Waals surface area contributed by atoms with Gasteiger partial charge in [0.1, 0.15) is 11.5 Å². The largest absolute Gasteiger partial charge is 0.506 e. The molecule has 0 fully saturated rings. The van der Waals surface area contributed by atoms with Gasteiger partial charge >= 0.3 is 0 Å². The zero-order valence-electron chi connectivity index (χ0n) is 12.8. The molecular formula is C17H15ClN2O4. The number of rotatable bonds is 3. The third-order valence-electron chi connectivity index (χ3n) is 3.69. The van der Waals surface area contributed by atoms with Gasteiger partial charge in [0.05, 0.1) is 16.8 Å². The zero-order valence-corrected chi connectivity index (χ0v) is 13.6. The standard InChI is InChI=1S/C17H15ClN2O4/c1-9(19-17(23)11-2-4-14(21)12(18)6-11)10-3-5-15-13(7-10)20-16(22)8-24-15/h2-7,9,21H,8H2,1H3,(H,19,23)(H,20,22). The van der Waals surface area contributed by atoms with Crippen LogP contribution in [0.4, 0.5) is 5.69 Å². The Kier molecular flexibility index (Phi) is 4.31. The molecule has 0 saturated heterocycles. The van der Waals surface area contributed by atoms with Crippen molar-refractivity contribution in [2.45, 2.75) is 13.0 Å². The van der Waals surface area contributed by atoms with Gasteiger partial charge < -0.3 is 20.5 Å². The number of hydrogen-bond donors (Lipinski definition) is 3. The summed E-state index contributed by atoms with van der Waals surface area (Å²) in [6.07, 6.45) is 0. The highest BCUT2D eigenvalue weighted by molar-refractivity contribution is 6.32. The van der Waals surface area contributed by atoms with E-state index in [1.807, 2.05) is 13.0 Å². The van der Waals surface area contributed by atoms with Crippen molar-refractivity contribution in [1.29, 1.82) is 0 Å². The Morgan fingerprint density at radius 2 is 2.12 bits per heavy atom. The fraction of sp³-hybridized carbons (Fsp3) is 0.176. The van der Waals surface area contributed by atoms with Gasteiger partial charge in [-0.05, 0) is 42.8 Å². The first kappa shape index (κ1) is 16.1. The topological polar surface area (TPSA) is 87.7 Å². The van der Waals surface area contributed by atoms with E-state index >= 15 is 0 Å². The van der Waals surface area contributed by atoms with E-state index in [1.54, 1.807) is 12.1 Å². The molecule has 1 unspecified atom stereocenters. The maximum absolute atomic E-state index is 12.3. The number of carbonyl (C=O) groups excluding carboxylic acids is 2. The highest BCUT2D eigenvalue weighted by Crippen LogP contribution is 2.30. The molecule has 3 rings (SSSR count). The van der Waals surface area contributed by atoms with Crippen molar-refractivity contribution < 1.29 is 19.4 Å². The van der Waals surface area contributed by atoms with E-state index in [4.69, 9.17) is 16.3 Å². The first-order valence-electron chi connectivity index (χ1n) is 7.30. The van der Waals surface area contributed by atoms with Gasteiger partial charge in [-0.15, -0.1) is 0 Å². The Morgan fingerprint density at radius 3 is 2.88 bits per heavy atom. The van der Waals surface area contributed by atoms with Crippen LogP contribution < -0.4 is 15.4 Å². The van der Waals surface area contributed by atoms with Crippen molar-refractivity contribution in [3.8, 4) is 11.5 Å². The predicted octanol–water partition coefficient (Wildman–Crippen LogP) is 2.87. The van der Waals surface area contributed by atoms with Crippen LogP contribution in [0.2, 0.25) is 5.02 Å². The van der Waals surface area contributed by atoms with E-state index in [0.29, 0.717) is 17.0 Å². The van der Waals surface area contributed by atoms with Gasteiger partial charge in [-0.2, -0.15) is 0 Å². The van der Waals surface area contributed by atoms with Crippen molar-refractivity contribution in [2.75, 3.05) is 11.9 Å². The molecule has 24 heavy (non-hydrogen) atoms. The van der Waals surface area contributed by atoms with Gasteiger partial charge in [0, 0.05) is 5.56 Å². The van der Waals surface area contributed by atoms with Gasteiger partial charge in [-0.1, -0.05) is 17.7 Å². The van der Waals surface area contributed by atoms with E-state index < -0.39 is 0 Å². The molecule has 7 heteroatoms. The fourth-order valence-corrected chi connectivity index (χ4v) is 2.56. The number of anilines is 1. The lowest BCUT2D eigenvalue weighted by Gasteiger charge is -2.21. The number of nitrogens with one attached hydrogen (secondary N) is 2. The summed E-state index contributed by atoms with van der Waals surface area (Å²) < 4.78 is 5.31. The molecule has 3 N–H and O–H groups in total. The monoisotopic (exact) mass is 346 g/mol. The minimum absolute atomic E-state index is 0.000246. The molecular weight excluding hydrogens is 332 g/mol. The zero-order chi connectivity index (χ0) is 17.3. The maximum Gasteiger partial charge on any atom is 0.262 e. The molecule has 0 radical (unpaired) electrons. The molecule has 1 heterocycles. The first-order valence-corrected chi connectivity index (χ1v) is 7.68. The second-order valence-corrected chi connectivity index (χ2v) is 5.86. The van der Waals surface area contributed by atoms with E-state index in [-0.39, 0.29) is 35.2 Å². The summed E-state index contributed by atoms with van der Waals surface area (Å²) >= 11 is 5.82. The Morgan fingerprint density at radius 1 is 1.33 bits per heavy atom. The van der Waals surface area contributed by atoms with Gasteiger partial charge in [-0.3, -0.25) is 9.59 Å². The number of phenols is 1. The Hall–Kier alpha value is -2.73. The van der Waals surface area contributed by atoms with Crippen LogP contribution in [0, 0.1) is 0 Å². The van der Waals surface area contributed by atoms with Crippen LogP contribution >= 0.6 is 11.6 Å². The molecule has 2 aromatic rings. The lowest BCUT2D eigenvalue weighted by molar-refractivity contribution is -0.118. The molecule has 2 aromatic carbocycles. The molecule has 0 aromatic heterocycles. The lowest BCUT2D eigenvalue weighted by atomic mass is 10.1. The van der Waals surface area contributed by atoms with Crippen molar-refractivity contribution in [2.24, 2.45) is 0 Å². The van der Waals surface area contributed by atoms with Crippen LogP contribution in [0.3, 0.4) is 0 Å². The minimum atomic E-state index is -0.317. The fourth-order valence-electron chi connectivity index (χ4n) is 2.38. The number of fused-ring (bicyclic) bond motifs is 1. The summed E-state index contributed by atoms with van der Waals surface area (Å²) in [4.78, 5) is 23.7. The van der Waals surface area contributed by atoms with Crippen molar-refractivity contribution in [1.82, 2.24) is 5.32 Å². The molecule has 0 saturated carbocycles. The van der Waals surface area contributed by atoms with Gasteiger partial charge in [0.25, 0.3) is 11.8 Å². The molecule has 1 aliphatic rings. The minimum Gasteiger partial charge on any atom is -0.506 e. The normalized spacial score (nSPS) is 14.2. The first-order chi connectivity index (χ1) is 11.4. The smallest absolute Gasteiger partial charge is 0.262 e. The molecule has 1 atom stereocenters. The number of amides is 2. The summed E-state index contributed by atoms with van der Waals surface area (Å²) in [5.41, 5.74) is 1.74. The van der Waals surface area contributed by atoms with E-state index in [2.05, 4.69) is 10.6 Å². The van der Waals surface area contributed by atoms with Crippen LogP contribution in [-0.4, -0.2) is 23.5 Å². The van der Waals surface area contributed by atoms with Crippen LogP contribution in [0.15, 0.2) is 36.4 Å². The number of phenolic OH excluding ortho intramolecular Hbond substituents is 1. The third kappa shape index (κ3) is 3.28. The second kappa shape index (κ2) is 6.41. The summed E-state index contributed by atoms with van der Waals surface area (Å²) in [5, 5.41) is 15.1. The average Bonchev–Trinajstić information content (AvgIpc) is 2.56. The number of halogens is 1. The van der Waals surface area contributed by atoms with E-state index in [0.717, 1.165) is 5.56 Å². The van der Waals surface area contributed by atoms with Crippen molar-refractivity contribution in [3.05, 3.63) is 52.5 Å². The molecule has 2 amide bonds. The average molecular weight is 347 g/mol. The summed E-state index contributed by atoms with van der Waals surface area (Å²) in [7, 11) is 0. The van der Waals surface area contributed by atoms with Crippen LogP contribution in [0.1, 0.15) is 28.9 Å². The number of benzene rings is 2. The molecule has 0 bridgehead atoms. The molecule has 124 valence electrons. The number of ether oxygens (including phenoxy) is 1. The molecule has 1 aliphatic heterocycles. The quantitative estimate of drug-likeness (QED) is 0.797. The highest BCUT2D eigenvalue weighted by Gasteiger charge is 2.18. The van der Waals surface area contributed by atoms with Gasteiger partial charge in [-0.25, -0.2) is 0 Å². The Bertz CT molecular complexity index is 822.